The third kappa shape index (κ3) is 11.8. The quantitative estimate of drug-likeness (QED) is 0.650. The van der Waals surface area contributed by atoms with E-state index in [-0.39, 0.29) is 12.4 Å². The van der Waals surface area contributed by atoms with Crippen LogP contribution in [0.4, 0.5) is 4.39 Å². The second kappa shape index (κ2) is 13.6. The van der Waals surface area contributed by atoms with Crippen molar-refractivity contribution in [3.8, 4) is 11.1 Å². The zero-order valence-corrected chi connectivity index (χ0v) is 16.1. The summed E-state index contributed by atoms with van der Waals surface area (Å²) in [6, 6.07) is 14.7. The van der Waals surface area contributed by atoms with E-state index in [0.717, 1.165) is 17.0 Å². The first kappa shape index (κ1) is 23.3. The zero-order chi connectivity index (χ0) is 19.9. The van der Waals surface area contributed by atoms with E-state index in [1.54, 1.807) is 12.1 Å². The molecule has 0 heterocycles. The van der Waals surface area contributed by atoms with Crippen LogP contribution in [0.15, 0.2) is 48.5 Å². The molecule has 0 fully saturated rings. The molecule has 0 unspecified atom stereocenters. The molecular weight excluding hydrogens is 333 g/mol. The minimum absolute atomic E-state index is 0.0556. The largest absolute Gasteiger partial charge is 0.468 e. The number of hydrogen-bond acceptors (Lipinski definition) is 3. The molecule has 0 radical (unpaired) electrons. The average Bonchev–Trinajstić information content (AvgIpc) is 2.60. The molecule has 0 aliphatic heterocycles. The molecule has 0 saturated carbocycles. The monoisotopic (exact) mass is 361 g/mol. The Morgan fingerprint density at radius 1 is 1.12 bits per heavy atom. The number of esters is 1. The summed E-state index contributed by atoms with van der Waals surface area (Å²) in [5, 5.41) is 2.14. The van der Waals surface area contributed by atoms with Gasteiger partial charge in [-0.1, -0.05) is 62.7 Å². The van der Waals surface area contributed by atoms with Gasteiger partial charge in [0.15, 0.2) is 0 Å². The number of carbonyl (C=O) groups is 2. The summed E-state index contributed by atoms with van der Waals surface area (Å²) in [6.45, 7) is 8.49. The van der Waals surface area contributed by atoms with Crippen molar-refractivity contribution in [3.05, 3.63) is 59.9 Å². The van der Waals surface area contributed by atoms with Gasteiger partial charge >= 0.3 is 5.97 Å². The molecule has 0 bridgehead atoms. The highest BCUT2D eigenvalue weighted by Gasteiger charge is 1.97. The van der Waals surface area contributed by atoms with Crippen LogP contribution in [0.25, 0.3) is 11.1 Å². The van der Waals surface area contributed by atoms with Crippen LogP contribution in [0, 0.1) is 18.7 Å². The SMILES string of the molecule is CC(C)C.COC(=O)CNC=O.Cc1cccc(-c2ccc(F)cc2)c1. The van der Waals surface area contributed by atoms with E-state index in [0.29, 0.717) is 6.41 Å². The molecule has 0 saturated heterocycles. The molecule has 4 nitrogen and oxygen atoms in total. The number of aryl methyl sites for hydroxylation is 1. The molecule has 0 aromatic heterocycles. The molecule has 0 spiro atoms. The molecule has 1 N–H and O–H groups in total. The standard InChI is InChI=1S/C13H11F.C4H7NO3.C4H10/c1-10-3-2-4-12(9-10)11-5-7-13(14)8-6-11;1-8-4(7)2-5-3-6;1-4(2)3/h2-9H,1H3;3H,2H2,1H3,(H,5,6);4H,1-3H3. The molecule has 2 aromatic carbocycles. The number of rotatable bonds is 4. The van der Waals surface area contributed by atoms with Gasteiger partial charge in [0.05, 0.1) is 7.11 Å². The van der Waals surface area contributed by atoms with E-state index < -0.39 is 5.97 Å². The number of carbonyl (C=O) groups excluding carboxylic acids is 2. The Balaban J connectivity index is 0.000000444. The van der Waals surface area contributed by atoms with Gasteiger partial charge in [0.25, 0.3) is 0 Å². The maximum absolute atomic E-state index is 12.7. The Morgan fingerprint density at radius 2 is 1.69 bits per heavy atom. The number of amides is 1. The Bertz CT molecular complexity index is 652. The lowest BCUT2D eigenvalue weighted by Gasteiger charge is -2.02. The Morgan fingerprint density at radius 3 is 2.15 bits per heavy atom. The lowest BCUT2D eigenvalue weighted by molar-refractivity contribution is -0.140. The van der Waals surface area contributed by atoms with Gasteiger partial charge in [-0.3, -0.25) is 9.59 Å². The van der Waals surface area contributed by atoms with Gasteiger partial charge < -0.3 is 10.1 Å². The summed E-state index contributed by atoms with van der Waals surface area (Å²) in [5.74, 6) is 0.193. The minimum Gasteiger partial charge on any atom is -0.468 e. The van der Waals surface area contributed by atoms with Gasteiger partial charge in [-0.2, -0.15) is 0 Å². The predicted molar refractivity (Wildman–Crippen MR) is 103 cm³/mol. The third-order valence-corrected chi connectivity index (χ3v) is 2.75. The fourth-order valence-corrected chi connectivity index (χ4v) is 1.66. The predicted octanol–water partition coefficient (Wildman–Crippen LogP) is 4.37. The molecule has 0 atom stereocenters. The van der Waals surface area contributed by atoms with Crippen molar-refractivity contribution in [2.75, 3.05) is 13.7 Å². The normalized spacial score (nSPS) is 9.19. The first-order chi connectivity index (χ1) is 12.3. The van der Waals surface area contributed by atoms with Gasteiger partial charge in [0.1, 0.15) is 12.4 Å². The van der Waals surface area contributed by atoms with Crippen molar-refractivity contribution in [2.24, 2.45) is 5.92 Å². The zero-order valence-electron chi connectivity index (χ0n) is 16.1. The maximum atomic E-state index is 12.7. The highest BCUT2D eigenvalue weighted by atomic mass is 19.1. The molecule has 1 amide bonds. The number of ether oxygens (including phenoxy) is 1. The lowest BCUT2D eigenvalue weighted by Crippen LogP contribution is -2.21. The number of nitrogens with one attached hydrogen (secondary N) is 1. The Kier molecular flexibility index (Phi) is 12.2. The molecule has 142 valence electrons. The van der Waals surface area contributed by atoms with E-state index in [1.807, 2.05) is 25.1 Å². The van der Waals surface area contributed by atoms with Gasteiger partial charge in [0.2, 0.25) is 6.41 Å². The van der Waals surface area contributed by atoms with Crippen molar-refractivity contribution in [2.45, 2.75) is 27.7 Å². The number of halogens is 1. The van der Waals surface area contributed by atoms with Crippen molar-refractivity contribution >= 4 is 12.4 Å². The summed E-state index contributed by atoms with van der Waals surface area (Å²) < 4.78 is 16.9. The van der Waals surface area contributed by atoms with E-state index in [1.165, 1.54) is 24.8 Å². The third-order valence-electron chi connectivity index (χ3n) is 2.75. The van der Waals surface area contributed by atoms with Crippen LogP contribution in [0.2, 0.25) is 0 Å². The fraction of sp³-hybridized carbons (Fsp3) is 0.333. The minimum atomic E-state index is -0.447. The maximum Gasteiger partial charge on any atom is 0.325 e. The highest BCUT2D eigenvalue weighted by Crippen LogP contribution is 2.20. The highest BCUT2D eigenvalue weighted by molar-refractivity contribution is 5.73. The van der Waals surface area contributed by atoms with Gasteiger partial charge in [-0.05, 0) is 36.1 Å². The molecule has 5 heteroatoms. The van der Waals surface area contributed by atoms with Crippen LogP contribution >= 0.6 is 0 Å². The summed E-state index contributed by atoms with van der Waals surface area (Å²) in [4.78, 5) is 19.6. The van der Waals surface area contributed by atoms with Crippen molar-refractivity contribution < 1.29 is 18.7 Å². The molecule has 2 rings (SSSR count). The molecule has 26 heavy (non-hydrogen) atoms. The van der Waals surface area contributed by atoms with Crippen LogP contribution < -0.4 is 5.32 Å². The summed E-state index contributed by atoms with van der Waals surface area (Å²) in [5.41, 5.74) is 3.40. The first-order valence-corrected chi connectivity index (χ1v) is 8.36. The smallest absolute Gasteiger partial charge is 0.325 e. The van der Waals surface area contributed by atoms with Gasteiger partial charge in [0, 0.05) is 0 Å². The van der Waals surface area contributed by atoms with Crippen LogP contribution in [0.1, 0.15) is 26.3 Å². The van der Waals surface area contributed by atoms with Crippen molar-refractivity contribution in [3.63, 3.8) is 0 Å². The summed E-state index contributed by atoms with van der Waals surface area (Å²) >= 11 is 0. The van der Waals surface area contributed by atoms with E-state index in [2.05, 4.69) is 36.9 Å². The van der Waals surface area contributed by atoms with Crippen LogP contribution in [-0.4, -0.2) is 26.0 Å². The molecule has 2 aromatic rings. The van der Waals surface area contributed by atoms with Crippen LogP contribution in [0.5, 0.6) is 0 Å². The lowest BCUT2D eigenvalue weighted by atomic mass is 10.0. The van der Waals surface area contributed by atoms with Crippen LogP contribution in [-0.2, 0) is 14.3 Å². The fourth-order valence-electron chi connectivity index (χ4n) is 1.66. The molecule has 0 aliphatic carbocycles. The molecule has 0 aliphatic rings. The number of benzene rings is 2. The topological polar surface area (TPSA) is 55.4 Å². The summed E-state index contributed by atoms with van der Waals surface area (Å²) in [6.07, 6.45) is 0.441. The van der Waals surface area contributed by atoms with Crippen molar-refractivity contribution in [1.82, 2.24) is 5.32 Å². The number of methoxy groups -OCH3 is 1. The van der Waals surface area contributed by atoms with Gasteiger partial charge in [-0.25, -0.2) is 4.39 Å². The Labute approximate surface area is 155 Å². The van der Waals surface area contributed by atoms with Gasteiger partial charge in [-0.15, -0.1) is 0 Å². The van der Waals surface area contributed by atoms with Crippen molar-refractivity contribution in [1.29, 1.82) is 0 Å². The summed E-state index contributed by atoms with van der Waals surface area (Å²) in [7, 11) is 1.26. The number of hydrogen-bond donors (Lipinski definition) is 1. The van der Waals surface area contributed by atoms with E-state index in [9.17, 15) is 14.0 Å². The molecular formula is C21H28FNO3. The Hall–Kier alpha value is -2.69. The average molecular weight is 361 g/mol. The van der Waals surface area contributed by atoms with E-state index in [4.69, 9.17) is 0 Å². The van der Waals surface area contributed by atoms with E-state index >= 15 is 0 Å². The second-order valence-electron chi connectivity index (χ2n) is 6.18. The first-order valence-electron chi connectivity index (χ1n) is 8.36. The second-order valence-corrected chi connectivity index (χ2v) is 6.18. The van der Waals surface area contributed by atoms with Crippen LogP contribution in [0.3, 0.4) is 0 Å².